The molecule has 1 heterocycles. The Bertz CT molecular complexity index is 710. The Kier molecular flexibility index (Phi) is 3.82. The molecule has 0 aliphatic heterocycles. The fourth-order valence-electron chi connectivity index (χ4n) is 1.89. The van der Waals surface area contributed by atoms with Gasteiger partial charge in [0, 0.05) is 18.7 Å². The molecule has 106 valence electrons. The zero-order valence-corrected chi connectivity index (χ0v) is 11.6. The second kappa shape index (κ2) is 6.09. The molecule has 0 unspecified atom stereocenters. The first kappa shape index (κ1) is 13.2. The van der Waals surface area contributed by atoms with Crippen molar-refractivity contribution in [1.29, 1.82) is 0 Å². The summed E-state index contributed by atoms with van der Waals surface area (Å²) in [5.74, 6) is 2.77. The van der Waals surface area contributed by atoms with Crippen LogP contribution < -0.4 is 10.1 Å². The predicted octanol–water partition coefficient (Wildman–Crippen LogP) is 3.78. The molecule has 1 aromatic heterocycles. The lowest BCUT2D eigenvalue weighted by Crippen LogP contribution is -2.01. The molecule has 0 atom stereocenters. The number of nitrogens with one attached hydrogen (secondary N) is 1. The predicted molar refractivity (Wildman–Crippen MR) is 79.3 cm³/mol. The highest BCUT2D eigenvalue weighted by atomic mass is 16.5. The minimum absolute atomic E-state index is 0.506. The molecule has 0 spiro atoms. The van der Waals surface area contributed by atoms with Crippen LogP contribution in [0.2, 0.25) is 0 Å². The molecule has 0 saturated heterocycles. The molecule has 0 radical (unpaired) electrons. The summed E-state index contributed by atoms with van der Waals surface area (Å²) in [5.41, 5.74) is 0.936. The lowest BCUT2D eigenvalue weighted by Gasteiger charge is -2.08. The highest BCUT2D eigenvalue weighted by Gasteiger charge is 2.03. The van der Waals surface area contributed by atoms with Crippen LogP contribution >= 0.6 is 0 Å². The summed E-state index contributed by atoms with van der Waals surface area (Å²) >= 11 is 0. The Morgan fingerprint density at radius 1 is 1.05 bits per heavy atom. The van der Waals surface area contributed by atoms with Crippen molar-refractivity contribution in [2.24, 2.45) is 0 Å². The van der Waals surface area contributed by atoms with E-state index in [0.717, 1.165) is 17.2 Å². The summed E-state index contributed by atoms with van der Waals surface area (Å²) in [4.78, 5) is 4.14. The third kappa shape index (κ3) is 3.60. The van der Waals surface area contributed by atoms with Crippen molar-refractivity contribution >= 4 is 5.69 Å². The Balaban J connectivity index is 1.65. The molecule has 0 saturated carbocycles. The standard InChI is InChI=1S/C16H15N3O2/c1-12-18-16(19-21-12)11-17-13-6-5-9-15(10-13)20-14-7-3-2-4-8-14/h2-10,17H,11H2,1H3. The number of rotatable bonds is 5. The minimum Gasteiger partial charge on any atom is -0.457 e. The fourth-order valence-corrected chi connectivity index (χ4v) is 1.89. The van der Waals surface area contributed by atoms with E-state index in [2.05, 4.69) is 15.5 Å². The van der Waals surface area contributed by atoms with E-state index in [1.54, 1.807) is 6.92 Å². The maximum absolute atomic E-state index is 5.79. The molecule has 3 aromatic rings. The number of nitrogens with zero attached hydrogens (tertiary/aromatic N) is 2. The summed E-state index contributed by atoms with van der Waals surface area (Å²) in [6, 6.07) is 17.4. The van der Waals surface area contributed by atoms with Gasteiger partial charge in [-0.25, -0.2) is 0 Å². The van der Waals surface area contributed by atoms with Gasteiger partial charge in [-0.15, -0.1) is 0 Å². The van der Waals surface area contributed by atoms with Crippen molar-refractivity contribution in [2.45, 2.75) is 13.5 Å². The van der Waals surface area contributed by atoms with Crippen LogP contribution in [0.3, 0.4) is 0 Å². The van der Waals surface area contributed by atoms with Crippen molar-refractivity contribution in [3.05, 3.63) is 66.3 Å². The molecule has 0 bridgehead atoms. The SMILES string of the molecule is Cc1nc(CNc2cccc(Oc3ccccc3)c2)no1. The van der Waals surface area contributed by atoms with Crippen LogP contribution in [0.5, 0.6) is 11.5 Å². The number of benzene rings is 2. The Labute approximate surface area is 122 Å². The van der Waals surface area contributed by atoms with Crippen LogP contribution in [0.15, 0.2) is 59.1 Å². The molecule has 0 aliphatic rings. The zero-order valence-electron chi connectivity index (χ0n) is 11.6. The van der Waals surface area contributed by atoms with Gasteiger partial charge >= 0.3 is 0 Å². The molecular weight excluding hydrogens is 266 g/mol. The quantitative estimate of drug-likeness (QED) is 0.771. The molecule has 1 N–H and O–H groups in total. The molecule has 5 nitrogen and oxygen atoms in total. The Hall–Kier alpha value is -2.82. The smallest absolute Gasteiger partial charge is 0.223 e. The normalized spacial score (nSPS) is 10.3. The van der Waals surface area contributed by atoms with Gasteiger partial charge in [-0.1, -0.05) is 29.4 Å². The van der Waals surface area contributed by atoms with E-state index in [9.17, 15) is 0 Å². The lowest BCUT2D eigenvalue weighted by atomic mass is 10.3. The zero-order chi connectivity index (χ0) is 14.5. The molecule has 0 fully saturated rings. The van der Waals surface area contributed by atoms with Gasteiger partial charge in [0.15, 0.2) is 5.82 Å². The first-order chi connectivity index (χ1) is 10.3. The largest absolute Gasteiger partial charge is 0.457 e. The lowest BCUT2D eigenvalue weighted by molar-refractivity contribution is 0.388. The maximum atomic E-state index is 5.79. The maximum Gasteiger partial charge on any atom is 0.223 e. The number of ether oxygens (including phenoxy) is 1. The van der Waals surface area contributed by atoms with E-state index in [1.165, 1.54) is 0 Å². The Morgan fingerprint density at radius 2 is 1.86 bits per heavy atom. The second-order valence-corrected chi connectivity index (χ2v) is 4.53. The number of hydrogen-bond donors (Lipinski definition) is 1. The molecular formula is C16H15N3O2. The van der Waals surface area contributed by atoms with Crippen molar-refractivity contribution in [2.75, 3.05) is 5.32 Å². The van der Waals surface area contributed by atoms with Gasteiger partial charge in [-0.05, 0) is 24.3 Å². The van der Waals surface area contributed by atoms with Crippen LogP contribution in [0.1, 0.15) is 11.7 Å². The van der Waals surface area contributed by atoms with Crippen molar-refractivity contribution in [3.63, 3.8) is 0 Å². The summed E-state index contributed by atoms with van der Waals surface area (Å²) in [7, 11) is 0. The summed E-state index contributed by atoms with van der Waals surface area (Å²) in [5, 5.41) is 7.08. The van der Waals surface area contributed by atoms with E-state index in [1.807, 2.05) is 54.6 Å². The van der Waals surface area contributed by atoms with Crippen LogP contribution in [0, 0.1) is 6.92 Å². The van der Waals surface area contributed by atoms with E-state index >= 15 is 0 Å². The van der Waals surface area contributed by atoms with E-state index in [-0.39, 0.29) is 0 Å². The molecule has 3 rings (SSSR count). The summed E-state index contributed by atoms with van der Waals surface area (Å²) in [6.07, 6.45) is 0. The van der Waals surface area contributed by atoms with Gasteiger partial charge in [0.05, 0.1) is 6.54 Å². The number of anilines is 1. The topological polar surface area (TPSA) is 60.2 Å². The van der Waals surface area contributed by atoms with Crippen LogP contribution in [0.25, 0.3) is 0 Å². The minimum atomic E-state index is 0.506. The monoisotopic (exact) mass is 281 g/mol. The van der Waals surface area contributed by atoms with Crippen LogP contribution in [-0.4, -0.2) is 10.1 Å². The summed E-state index contributed by atoms with van der Waals surface area (Å²) < 4.78 is 10.7. The molecule has 2 aromatic carbocycles. The fraction of sp³-hybridized carbons (Fsp3) is 0.125. The third-order valence-electron chi connectivity index (χ3n) is 2.83. The van der Waals surface area contributed by atoms with Crippen molar-refractivity contribution in [3.8, 4) is 11.5 Å². The number of aromatic nitrogens is 2. The second-order valence-electron chi connectivity index (χ2n) is 4.53. The molecule has 0 amide bonds. The van der Waals surface area contributed by atoms with Gasteiger partial charge in [-0.2, -0.15) is 4.98 Å². The van der Waals surface area contributed by atoms with Gasteiger partial charge in [-0.3, -0.25) is 0 Å². The van der Waals surface area contributed by atoms with E-state index in [4.69, 9.17) is 9.26 Å². The average molecular weight is 281 g/mol. The number of aryl methyl sites for hydroxylation is 1. The van der Waals surface area contributed by atoms with Gasteiger partial charge < -0.3 is 14.6 Å². The van der Waals surface area contributed by atoms with Gasteiger partial charge in [0.25, 0.3) is 0 Å². The first-order valence-corrected chi connectivity index (χ1v) is 6.65. The third-order valence-corrected chi connectivity index (χ3v) is 2.83. The van der Waals surface area contributed by atoms with E-state index < -0.39 is 0 Å². The first-order valence-electron chi connectivity index (χ1n) is 6.65. The van der Waals surface area contributed by atoms with Gasteiger partial charge in [0.2, 0.25) is 5.89 Å². The average Bonchev–Trinajstić information content (AvgIpc) is 2.92. The number of para-hydroxylation sites is 1. The van der Waals surface area contributed by atoms with Crippen LogP contribution in [-0.2, 0) is 6.54 Å². The summed E-state index contributed by atoms with van der Waals surface area (Å²) in [6.45, 7) is 2.27. The number of hydrogen-bond acceptors (Lipinski definition) is 5. The highest BCUT2D eigenvalue weighted by Crippen LogP contribution is 2.23. The van der Waals surface area contributed by atoms with Crippen molar-refractivity contribution < 1.29 is 9.26 Å². The van der Waals surface area contributed by atoms with Crippen molar-refractivity contribution in [1.82, 2.24) is 10.1 Å². The molecule has 21 heavy (non-hydrogen) atoms. The highest BCUT2D eigenvalue weighted by molar-refractivity contribution is 5.49. The molecule has 5 heteroatoms. The van der Waals surface area contributed by atoms with Crippen LogP contribution in [0.4, 0.5) is 5.69 Å². The van der Waals surface area contributed by atoms with Gasteiger partial charge in [0.1, 0.15) is 11.5 Å². The molecule has 0 aliphatic carbocycles. The Morgan fingerprint density at radius 3 is 2.62 bits per heavy atom. The van der Waals surface area contributed by atoms with E-state index in [0.29, 0.717) is 18.3 Å².